The van der Waals surface area contributed by atoms with Crippen LogP contribution in [0, 0.1) is 5.82 Å². The molecular weight excluding hydrogens is 503 g/mol. The first kappa shape index (κ1) is 26.5. The van der Waals surface area contributed by atoms with Gasteiger partial charge in [0, 0.05) is 68.3 Å². The average Bonchev–Trinajstić information content (AvgIpc) is 2.90. The smallest absolute Gasteiger partial charge is 0.252 e. The Morgan fingerprint density at radius 2 is 1.73 bits per heavy atom. The second kappa shape index (κ2) is 11.7. The molecule has 3 heterocycles. The van der Waals surface area contributed by atoms with Crippen molar-refractivity contribution in [2.45, 2.75) is 6.54 Å². The third-order valence-electron chi connectivity index (χ3n) is 7.41. The molecule has 8 heteroatoms. The van der Waals surface area contributed by atoms with Gasteiger partial charge in [0.1, 0.15) is 5.82 Å². The van der Waals surface area contributed by atoms with E-state index in [-0.39, 0.29) is 11.7 Å². The Balaban J connectivity index is 1.32. The molecule has 5 rings (SSSR count). The van der Waals surface area contributed by atoms with Crippen molar-refractivity contribution in [3.63, 3.8) is 0 Å². The zero-order chi connectivity index (χ0) is 25.8. The number of fused-ring (bicyclic) bond motifs is 1. The maximum absolute atomic E-state index is 14.1. The standard InChI is InChI=1S/C29H37FN4OS2/c1-37(2)17-13-34(14-18-37)21-22-3-5-23(6-4-22)28-20-26(25-19-24(30)7-8-27(25)32-28)29(35)31-9-10-33-11-15-36-16-12-33/h3-8,19-20H,9-18,21H2,1-2H3,(H,31,35). The molecule has 0 saturated carbocycles. The molecule has 0 unspecified atom stereocenters. The summed E-state index contributed by atoms with van der Waals surface area (Å²) in [6, 6.07) is 14.8. The highest BCUT2D eigenvalue weighted by Gasteiger charge is 2.21. The minimum Gasteiger partial charge on any atom is -0.351 e. The van der Waals surface area contributed by atoms with Crippen LogP contribution in [-0.2, 0) is 6.54 Å². The molecule has 198 valence electrons. The first-order valence-corrected chi connectivity index (χ1v) is 17.0. The summed E-state index contributed by atoms with van der Waals surface area (Å²) in [6.07, 6.45) is 4.87. The maximum atomic E-state index is 14.1. The number of hydrogen-bond donors (Lipinski definition) is 1. The normalized spacial score (nSPS) is 19.5. The Bertz CT molecular complexity index is 1230. The maximum Gasteiger partial charge on any atom is 0.252 e. The molecule has 2 aliphatic heterocycles. The summed E-state index contributed by atoms with van der Waals surface area (Å²) in [5, 5.41) is 3.60. The number of aromatic nitrogens is 1. The van der Waals surface area contributed by atoms with Crippen molar-refractivity contribution in [3.05, 3.63) is 65.5 Å². The SMILES string of the molecule is CS1(C)CCN(Cc2ccc(-c3cc(C(=O)NCCN4CCSCC4)c4cc(F)ccc4n3)cc2)CC1. The van der Waals surface area contributed by atoms with Gasteiger partial charge in [0.25, 0.3) is 5.91 Å². The molecule has 2 saturated heterocycles. The summed E-state index contributed by atoms with van der Waals surface area (Å²) in [4.78, 5) is 22.9. The zero-order valence-corrected chi connectivity index (χ0v) is 23.5. The molecule has 0 bridgehead atoms. The molecule has 5 nitrogen and oxygen atoms in total. The van der Waals surface area contributed by atoms with Crippen molar-refractivity contribution in [1.82, 2.24) is 20.1 Å². The second-order valence-electron chi connectivity index (χ2n) is 10.6. The van der Waals surface area contributed by atoms with Crippen molar-refractivity contribution in [3.8, 4) is 11.3 Å². The van der Waals surface area contributed by atoms with Crippen LogP contribution in [0.15, 0.2) is 48.5 Å². The Morgan fingerprint density at radius 1 is 1.00 bits per heavy atom. The lowest BCUT2D eigenvalue weighted by atomic mass is 10.0. The van der Waals surface area contributed by atoms with E-state index in [0.29, 0.717) is 23.0 Å². The molecule has 2 aliphatic rings. The molecule has 0 atom stereocenters. The summed E-state index contributed by atoms with van der Waals surface area (Å²) in [7, 11) is -0.404. The van der Waals surface area contributed by atoms with Gasteiger partial charge in [0.2, 0.25) is 0 Å². The van der Waals surface area contributed by atoms with Gasteiger partial charge >= 0.3 is 0 Å². The lowest BCUT2D eigenvalue weighted by Gasteiger charge is -2.41. The second-order valence-corrected chi connectivity index (χ2v) is 16.2. The minimum absolute atomic E-state index is 0.183. The van der Waals surface area contributed by atoms with Crippen LogP contribution in [-0.4, -0.2) is 95.5 Å². The van der Waals surface area contributed by atoms with E-state index in [1.54, 1.807) is 12.1 Å². The van der Waals surface area contributed by atoms with Crippen LogP contribution in [0.1, 0.15) is 15.9 Å². The van der Waals surface area contributed by atoms with Gasteiger partial charge in [-0.25, -0.2) is 19.4 Å². The van der Waals surface area contributed by atoms with E-state index in [0.717, 1.165) is 48.9 Å². The molecule has 2 fully saturated rings. The van der Waals surface area contributed by atoms with E-state index in [1.165, 1.54) is 42.3 Å². The number of carbonyl (C=O) groups is 1. The minimum atomic E-state index is -0.404. The summed E-state index contributed by atoms with van der Waals surface area (Å²) >= 11 is 1.97. The van der Waals surface area contributed by atoms with Gasteiger partial charge in [-0.1, -0.05) is 24.3 Å². The predicted octanol–water partition coefficient (Wildman–Crippen LogP) is 4.70. The fraction of sp³-hybridized carbons (Fsp3) is 0.448. The third kappa shape index (κ3) is 6.85. The van der Waals surface area contributed by atoms with Crippen molar-refractivity contribution in [2.75, 3.05) is 74.8 Å². The first-order valence-electron chi connectivity index (χ1n) is 13.1. The third-order valence-corrected chi connectivity index (χ3v) is 10.9. The van der Waals surface area contributed by atoms with E-state index in [9.17, 15) is 9.18 Å². The van der Waals surface area contributed by atoms with Crippen LogP contribution in [0.25, 0.3) is 22.2 Å². The number of pyridine rings is 1. The number of hydrogen-bond acceptors (Lipinski definition) is 5. The lowest BCUT2D eigenvalue weighted by Crippen LogP contribution is -2.39. The molecule has 1 aromatic heterocycles. The predicted molar refractivity (Wildman–Crippen MR) is 158 cm³/mol. The van der Waals surface area contributed by atoms with Crippen LogP contribution in [0.3, 0.4) is 0 Å². The van der Waals surface area contributed by atoms with Crippen LogP contribution in [0.4, 0.5) is 4.39 Å². The van der Waals surface area contributed by atoms with Gasteiger partial charge in [-0.2, -0.15) is 11.8 Å². The van der Waals surface area contributed by atoms with E-state index < -0.39 is 10.0 Å². The molecule has 37 heavy (non-hydrogen) atoms. The summed E-state index contributed by atoms with van der Waals surface area (Å²) in [5.41, 5.74) is 4.07. The monoisotopic (exact) mass is 540 g/mol. The molecule has 0 spiro atoms. The first-order chi connectivity index (χ1) is 17.9. The zero-order valence-electron chi connectivity index (χ0n) is 21.8. The Kier molecular flexibility index (Phi) is 8.39. The number of nitrogens with zero attached hydrogens (tertiary/aromatic N) is 3. The fourth-order valence-electron chi connectivity index (χ4n) is 4.94. The lowest BCUT2D eigenvalue weighted by molar-refractivity contribution is 0.0950. The van der Waals surface area contributed by atoms with Gasteiger partial charge in [-0.05, 0) is 53.8 Å². The van der Waals surface area contributed by atoms with Gasteiger partial charge in [-0.15, -0.1) is 0 Å². The summed E-state index contributed by atoms with van der Waals surface area (Å²) in [5.74, 6) is 4.36. The highest BCUT2D eigenvalue weighted by Crippen LogP contribution is 2.41. The van der Waals surface area contributed by atoms with Crippen LogP contribution in [0.5, 0.6) is 0 Å². The molecular formula is C29H37FN4OS2. The Labute approximate surface area is 225 Å². The van der Waals surface area contributed by atoms with Crippen molar-refractivity contribution in [1.29, 1.82) is 0 Å². The Morgan fingerprint density at radius 3 is 2.46 bits per heavy atom. The number of nitrogens with one attached hydrogen (secondary N) is 1. The number of halogens is 1. The van der Waals surface area contributed by atoms with E-state index >= 15 is 0 Å². The van der Waals surface area contributed by atoms with Gasteiger partial charge in [-0.3, -0.25) is 14.6 Å². The molecule has 1 N–H and O–H groups in total. The molecule has 3 aromatic rings. The number of rotatable bonds is 7. The van der Waals surface area contributed by atoms with Crippen LogP contribution >= 0.6 is 21.8 Å². The molecule has 0 aliphatic carbocycles. The van der Waals surface area contributed by atoms with E-state index in [2.05, 4.69) is 51.9 Å². The number of carbonyl (C=O) groups excluding carboxylic acids is 1. The highest BCUT2D eigenvalue weighted by atomic mass is 32.3. The van der Waals surface area contributed by atoms with E-state index in [4.69, 9.17) is 4.98 Å². The quantitative estimate of drug-likeness (QED) is 0.471. The van der Waals surface area contributed by atoms with Gasteiger partial charge in [0.05, 0.1) is 16.8 Å². The van der Waals surface area contributed by atoms with Crippen molar-refractivity contribution < 1.29 is 9.18 Å². The summed E-state index contributed by atoms with van der Waals surface area (Å²) in [6.45, 7) is 6.81. The van der Waals surface area contributed by atoms with E-state index in [1.807, 2.05) is 11.8 Å². The fourth-order valence-corrected chi connectivity index (χ4v) is 7.63. The van der Waals surface area contributed by atoms with Gasteiger partial charge < -0.3 is 5.32 Å². The molecule has 1 amide bonds. The number of amides is 1. The van der Waals surface area contributed by atoms with Crippen LogP contribution in [0.2, 0.25) is 0 Å². The highest BCUT2D eigenvalue weighted by molar-refractivity contribution is 8.32. The number of benzene rings is 2. The molecule has 2 aromatic carbocycles. The Hall–Kier alpha value is -2.13. The average molecular weight is 541 g/mol. The van der Waals surface area contributed by atoms with Crippen molar-refractivity contribution >= 4 is 38.6 Å². The topological polar surface area (TPSA) is 48.5 Å². The van der Waals surface area contributed by atoms with Crippen LogP contribution < -0.4 is 5.32 Å². The van der Waals surface area contributed by atoms with Gasteiger partial charge in [0.15, 0.2) is 0 Å². The largest absolute Gasteiger partial charge is 0.351 e. The van der Waals surface area contributed by atoms with Crippen molar-refractivity contribution in [2.24, 2.45) is 0 Å². The summed E-state index contributed by atoms with van der Waals surface area (Å²) < 4.78 is 14.1. The molecule has 0 radical (unpaired) electrons. The number of thioether (sulfide) groups is 1.